The summed E-state index contributed by atoms with van der Waals surface area (Å²) in [7, 11) is 3.33. The highest BCUT2D eigenvalue weighted by Gasteiger charge is 2.38. The lowest BCUT2D eigenvalue weighted by Gasteiger charge is -2.30. The van der Waals surface area contributed by atoms with Crippen LogP contribution in [-0.4, -0.2) is 46.9 Å². The number of aromatic nitrogens is 2. The molecule has 3 amide bonds. The van der Waals surface area contributed by atoms with E-state index in [1.54, 1.807) is 31.1 Å². The van der Waals surface area contributed by atoms with Crippen molar-refractivity contribution in [1.29, 1.82) is 0 Å². The largest absolute Gasteiger partial charge is 0.355 e. The highest BCUT2D eigenvalue weighted by Crippen LogP contribution is 2.34. The molecule has 0 unspecified atom stereocenters. The highest BCUT2D eigenvalue weighted by molar-refractivity contribution is 5.93. The molecular weight excluding hydrogens is 422 g/mol. The summed E-state index contributed by atoms with van der Waals surface area (Å²) >= 11 is 0. The minimum Gasteiger partial charge on any atom is -0.355 e. The summed E-state index contributed by atoms with van der Waals surface area (Å²) in [6.07, 6.45) is 6.39. The Hall–Kier alpha value is -3.23. The molecule has 2 aromatic rings. The topological polar surface area (TPSA) is 117 Å². The van der Waals surface area contributed by atoms with Crippen LogP contribution in [0.4, 0.5) is 0 Å². The van der Waals surface area contributed by atoms with Crippen LogP contribution in [0.3, 0.4) is 0 Å². The first-order chi connectivity index (χ1) is 15.8. The van der Waals surface area contributed by atoms with Gasteiger partial charge in [-0.05, 0) is 30.5 Å². The lowest BCUT2D eigenvalue weighted by atomic mass is 9.89. The monoisotopic (exact) mass is 455 g/mol. The van der Waals surface area contributed by atoms with E-state index in [2.05, 4.69) is 20.8 Å². The normalized spacial score (nSPS) is 15.4. The van der Waals surface area contributed by atoms with Crippen LogP contribution in [0.25, 0.3) is 0 Å². The maximum absolute atomic E-state index is 12.6. The molecule has 0 aliphatic heterocycles. The second kappa shape index (κ2) is 11.1. The predicted octanol–water partition coefficient (Wildman–Crippen LogP) is 2.71. The van der Waals surface area contributed by atoms with E-state index in [0.717, 1.165) is 44.1 Å². The molecule has 9 heteroatoms. The predicted molar refractivity (Wildman–Crippen MR) is 122 cm³/mol. The molecule has 0 atom stereocenters. The summed E-state index contributed by atoms with van der Waals surface area (Å²) in [4.78, 5) is 42.3. The van der Waals surface area contributed by atoms with Crippen molar-refractivity contribution < 1.29 is 18.9 Å². The summed E-state index contributed by atoms with van der Waals surface area (Å²) in [5.74, 6) is 0.607. The smallest absolute Gasteiger partial charge is 0.251 e. The van der Waals surface area contributed by atoms with Gasteiger partial charge in [0.25, 0.3) is 5.91 Å². The maximum atomic E-state index is 12.6. The van der Waals surface area contributed by atoms with Gasteiger partial charge in [0.05, 0.1) is 0 Å². The molecule has 1 aromatic heterocycles. The van der Waals surface area contributed by atoms with E-state index >= 15 is 0 Å². The van der Waals surface area contributed by atoms with Crippen molar-refractivity contribution in [3.63, 3.8) is 0 Å². The van der Waals surface area contributed by atoms with Crippen molar-refractivity contribution >= 4 is 17.7 Å². The molecule has 0 bridgehead atoms. The Labute approximate surface area is 194 Å². The standard InChI is InChI=1S/C24H33N5O4/c1-17(30)27-24(14-6-4-5-7-15-24)23-26-20(33-28-23)12-13-21(31)29(3)16-18-8-10-19(11-9-18)22(32)25-2/h8-11H,4-7,12-16H2,1-3H3,(H,25,32)(H,27,30). The van der Waals surface area contributed by atoms with E-state index < -0.39 is 5.54 Å². The van der Waals surface area contributed by atoms with Crippen molar-refractivity contribution in [2.24, 2.45) is 0 Å². The molecule has 1 aliphatic carbocycles. The minimum absolute atomic E-state index is 0.0452. The third-order valence-electron chi connectivity index (χ3n) is 6.11. The Morgan fingerprint density at radius 3 is 2.36 bits per heavy atom. The molecule has 1 saturated carbocycles. The Morgan fingerprint density at radius 2 is 1.76 bits per heavy atom. The van der Waals surface area contributed by atoms with Crippen LogP contribution in [0.2, 0.25) is 0 Å². The van der Waals surface area contributed by atoms with E-state index in [1.165, 1.54) is 6.92 Å². The third kappa shape index (κ3) is 6.40. The first kappa shape index (κ1) is 24.4. The number of amides is 3. The fourth-order valence-electron chi connectivity index (χ4n) is 4.30. The van der Waals surface area contributed by atoms with Gasteiger partial charge >= 0.3 is 0 Å². The zero-order valence-electron chi connectivity index (χ0n) is 19.6. The van der Waals surface area contributed by atoms with Gasteiger partial charge in [-0.1, -0.05) is 43.0 Å². The van der Waals surface area contributed by atoms with Gasteiger partial charge in [0.2, 0.25) is 17.7 Å². The van der Waals surface area contributed by atoms with E-state index in [0.29, 0.717) is 30.2 Å². The van der Waals surface area contributed by atoms with E-state index in [1.807, 2.05) is 12.1 Å². The molecule has 0 spiro atoms. The summed E-state index contributed by atoms with van der Waals surface area (Å²) in [5.41, 5.74) is 0.920. The summed E-state index contributed by atoms with van der Waals surface area (Å²) in [6, 6.07) is 7.16. The number of benzene rings is 1. The van der Waals surface area contributed by atoms with Gasteiger partial charge in [-0.15, -0.1) is 0 Å². The van der Waals surface area contributed by atoms with Gasteiger partial charge < -0.3 is 20.1 Å². The second-order valence-electron chi connectivity index (χ2n) is 8.72. The molecule has 0 radical (unpaired) electrons. The maximum Gasteiger partial charge on any atom is 0.251 e. The number of carbonyl (C=O) groups is 3. The quantitative estimate of drug-likeness (QED) is 0.591. The van der Waals surface area contributed by atoms with Gasteiger partial charge in [-0.25, -0.2) is 0 Å². The van der Waals surface area contributed by atoms with Gasteiger partial charge in [0.1, 0.15) is 5.54 Å². The van der Waals surface area contributed by atoms with Crippen LogP contribution in [0, 0.1) is 0 Å². The van der Waals surface area contributed by atoms with E-state index in [-0.39, 0.29) is 24.1 Å². The molecule has 3 rings (SSSR count). The molecule has 1 aliphatic rings. The Bertz CT molecular complexity index is 961. The number of nitrogens with one attached hydrogen (secondary N) is 2. The van der Waals surface area contributed by atoms with Crippen molar-refractivity contribution in [2.75, 3.05) is 14.1 Å². The van der Waals surface area contributed by atoms with Crippen molar-refractivity contribution in [3.8, 4) is 0 Å². The minimum atomic E-state index is -0.592. The Balaban J connectivity index is 1.58. The molecular formula is C24H33N5O4. The summed E-state index contributed by atoms with van der Waals surface area (Å²) in [5, 5.41) is 9.82. The van der Waals surface area contributed by atoms with Gasteiger partial charge in [-0.2, -0.15) is 4.98 Å². The Morgan fingerprint density at radius 1 is 1.09 bits per heavy atom. The van der Waals surface area contributed by atoms with Crippen LogP contribution >= 0.6 is 0 Å². The number of hydrogen-bond acceptors (Lipinski definition) is 6. The molecule has 9 nitrogen and oxygen atoms in total. The van der Waals surface area contributed by atoms with Crippen molar-refractivity contribution in [2.45, 2.75) is 70.4 Å². The first-order valence-corrected chi connectivity index (χ1v) is 11.5. The van der Waals surface area contributed by atoms with Crippen molar-refractivity contribution in [3.05, 3.63) is 47.1 Å². The second-order valence-corrected chi connectivity index (χ2v) is 8.72. The summed E-state index contributed by atoms with van der Waals surface area (Å²) < 4.78 is 5.44. The lowest BCUT2D eigenvalue weighted by Crippen LogP contribution is -2.45. The van der Waals surface area contributed by atoms with Gasteiger partial charge in [0, 0.05) is 46.0 Å². The zero-order chi connectivity index (χ0) is 23.8. The average molecular weight is 456 g/mol. The molecule has 1 aromatic carbocycles. The van der Waals surface area contributed by atoms with Gasteiger partial charge in [0.15, 0.2) is 5.82 Å². The highest BCUT2D eigenvalue weighted by atomic mass is 16.5. The van der Waals surface area contributed by atoms with Crippen LogP contribution < -0.4 is 10.6 Å². The van der Waals surface area contributed by atoms with Crippen molar-refractivity contribution in [1.82, 2.24) is 25.7 Å². The first-order valence-electron chi connectivity index (χ1n) is 11.5. The zero-order valence-corrected chi connectivity index (χ0v) is 19.6. The molecule has 1 heterocycles. The fraction of sp³-hybridized carbons (Fsp3) is 0.542. The molecule has 2 N–H and O–H groups in total. The number of carbonyl (C=O) groups excluding carboxylic acids is 3. The lowest BCUT2D eigenvalue weighted by molar-refractivity contribution is -0.130. The van der Waals surface area contributed by atoms with Crippen LogP contribution in [0.15, 0.2) is 28.8 Å². The summed E-state index contributed by atoms with van der Waals surface area (Å²) in [6.45, 7) is 1.95. The number of rotatable bonds is 8. The number of hydrogen-bond donors (Lipinski definition) is 2. The third-order valence-corrected chi connectivity index (χ3v) is 6.11. The van der Waals surface area contributed by atoms with Crippen LogP contribution in [-0.2, 0) is 28.1 Å². The average Bonchev–Trinajstić information content (AvgIpc) is 3.17. The molecule has 33 heavy (non-hydrogen) atoms. The van der Waals surface area contributed by atoms with E-state index in [9.17, 15) is 14.4 Å². The van der Waals surface area contributed by atoms with E-state index in [4.69, 9.17) is 4.52 Å². The number of nitrogens with zero attached hydrogens (tertiary/aromatic N) is 3. The fourth-order valence-corrected chi connectivity index (χ4v) is 4.30. The molecule has 1 fully saturated rings. The Kier molecular flexibility index (Phi) is 8.19. The van der Waals surface area contributed by atoms with Gasteiger partial charge in [-0.3, -0.25) is 14.4 Å². The SMILES string of the molecule is CNC(=O)c1ccc(CN(C)C(=O)CCc2nc(C3(NC(C)=O)CCCCCC3)no2)cc1. The molecule has 178 valence electrons. The van der Waals surface area contributed by atoms with Crippen LogP contribution in [0.1, 0.15) is 79.5 Å². The van der Waals surface area contributed by atoms with Crippen LogP contribution in [0.5, 0.6) is 0 Å². The number of aryl methyl sites for hydroxylation is 1. The molecule has 0 saturated heterocycles.